The third-order valence-corrected chi connectivity index (χ3v) is 6.45. The van der Waals surface area contributed by atoms with Crippen LogP contribution in [-0.4, -0.2) is 60.1 Å². The van der Waals surface area contributed by atoms with E-state index in [2.05, 4.69) is 20.5 Å². The summed E-state index contributed by atoms with van der Waals surface area (Å²) in [5.74, 6) is 0.530. The van der Waals surface area contributed by atoms with Crippen LogP contribution in [-0.2, 0) is 9.59 Å². The minimum Gasteiger partial charge on any atom is -0.496 e. The molecule has 3 aromatic rings. The van der Waals surface area contributed by atoms with E-state index in [1.807, 2.05) is 44.2 Å². The van der Waals surface area contributed by atoms with Gasteiger partial charge in [0.2, 0.25) is 0 Å². The molecule has 0 bridgehead atoms. The molecule has 0 radical (unpaired) electrons. The summed E-state index contributed by atoms with van der Waals surface area (Å²) in [6.45, 7) is 6.56. The Morgan fingerprint density at radius 1 is 1.11 bits per heavy atom. The van der Waals surface area contributed by atoms with Crippen LogP contribution >= 0.6 is 0 Å². The lowest BCUT2D eigenvalue weighted by Crippen LogP contribution is -2.50. The number of ether oxygens (including phenoxy) is 2. The summed E-state index contributed by atoms with van der Waals surface area (Å²) in [6.07, 6.45) is 5.77. The van der Waals surface area contributed by atoms with Crippen LogP contribution in [0.3, 0.4) is 0 Å². The highest BCUT2D eigenvalue weighted by Gasteiger charge is 2.27. The molecule has 2 aromatic carbocycles. The van der Waals surface area contributed by atoms with Gasteiger partial charge in [0.05, 0.1) is 18.9 Å². The Morgan fingerprint density at radius 2 is 1.86 bits per heavy atom. The number of para-hydroxylation sites is 1. The van der Waals surface area contributed by atoms with Gasteiger partial charge in [0.1, 0.15) is 17.6 Å². The highest BCUT2D eigenvalue weighted by molar-refractivity contribution is 6.39. The summed E-state index contributed by atoms with van der Waals surface area (Å²) >= 11 is 0. The van der Waals surface area contributed by atoms with Gasteiger partial charge in [-0.1, -0.05) is 18.2 Å². The first-order chi connectivity index (χ1) is 17.8. The molecule has 1 saturated heterocycles. The van der Waals surface area contributed by atoms with E-state index in [9.17, 15) is 9.59 Å². The minimum atomic E-state index is -0.735. The van der Waals surface area contributed by atoms with Gasteiger partial charge < -0.3 is 29.4 Å². The van der Waals surface area contributed by atoms with Gasteiger partial charge in [-0.2, -0.15) is 0 Å². The first-order valence-corrected chi connectivity index (χ1v) is 12.5. The molecule has 1 aromatic heterocycles. The number of methoxy groups -OCH3 is 1. The second-order valence-corrected chi connectivity index (χ2v) is 9.79. The van der Waals surface area contributed by atoms with Crippen molar-refractivity contribution < 1.29 is 23.5 Å². The molecule has 196 valence electrons. The highest BCUT2D eigenvalue weighted by Crippen LogP contribution is 2.32. The Balaban J connectivity index is 1.22. The fraction of sp³-hybridized carbons (Fsp3) is 0.393. The van der Waals surface area contributed by atoms with E-state index in [-0.39, 0.29) is 6.10 Å². The fourth-order valence-electron chi connectivity index (χ4n) is 4.32. The summed E-state index contributed by atoms with van der Waals surface area (Å²) in [6, 6.07) is 15.0. The molecule has 0 aliphatic carbocycles. The molecule has 2 amide bonds. The predicted octanol–water partition coefficient (Wildman–Crippen LogP) is 4.12. The Bertz CT molecular complexity index is 1170. The zero-order chi connectivity index (χ0) is 26.3. The zero-order valence-electron chi connectivity index (χ0n) is 21.5. The Hall–Kier alpha value is -3.85. The molecule has 0 saturated carbocycles. The molecule has 9 heteroatoms. The molecule has 1 aliphatic rings. The number of carbonyl (C=O) groups excluding carboxylic acids is 2. The number of rotatable bonds is 9. The molecule has 9 nitrogen and oxygen atoms in total. The first-order valence-electron chi connectivity index (χ1n) is 12.5. The van der Waals surface area contributed by atoms with Crippen LogP contribution in [0.4, 0.5) is 5.69 Å². The lowest BCUT2D eigenvalue weighted by molar-refractivity contribution is -0.137. The minimum absolute atomic E-state index is 0.221. The lowest BCUT2D eigenvalue weighted by atomic mass is 9.99. The van der Waals surface area contributed by atoms with Gasteiger partial charge in [-0.05, 0) is 57.4 Å². The molecular formula is C28H34N4O5. The highest BCUT2D eigenvalue weighted by atomic mass is 16.5. The van der Waals surface area contributed by atoms with Crippen molar-refractivity contribution in [3.8, 4) is 22.8 Å². The van der Waals surface area contributed by atoms with Crippen molar-refractivity contribution in [3.05, 3.63) is 61.1 Å². The topological polar surface area (TPSA) is 106 Å². The molecule has 1 fully saturated rings. The van der Waals surface area contributed by atoms with E-state index < -0.39 is 17.4 Å². The van der Waals surface area contributed by atoms with E-state index in [1.54, 1.807) is 24.4 Å². The average Bonchev–Trinajstić information content (AvgIpc) is 3.43. The van der Waals surface area contributed by atoms with E-state index in [1.165, 1.54) is 13.5 Å². The largest absolute Gasteiger partial charge is 0.496 e. The van der Waals surface area contributed by atoms with Gasteiger partial charge in [-0.25, -0.2) is 4.98 Å². The monoisotopic (exact) mass is 506 g/mol. The number of carbonyl (C=O) groups is 2. The van der Waals surface area contributed by atoms with Crippen LogP contribution in [0.25, 0.3) is 11.3 Å². The number of hydrogen-bond donors (Lipinski definition) is 2. The number of oxazole rings is 1. The molecule has 0 atom stereocenters. The number of aromatic nitrogens is 1. The van der Waals surface area contributed by atoms with E-state index in [0.29, 0.717) is 22.8 Å². The van der Waals surface area contributed by atoms with Crippen LogP contribution in [0, 0.1) is 0 Å². The van der Waals surface area contributed by atoms with Gasteiger partial charge in [-0.15, -0.1) is 0 Å². The van der Waals surface area contributed by atoms with Crippen molar-refractivity contribution >= 4 is 17.5 Å². The molecule has 2 heterocycles. The Kier molecular flexibility index (Phi) is 8.45. The van der Waals surface area contributed by atoms with Gasteiger partial charge in [0.15, 0.2) is 12.2 Å². The number of nitrogens with one attached hydrogen (secondary N) is 2. The third-order valence-electron chi connectivity index (χ3n) is 6.45. The summed E-state index contributed by atoms with van der Waals surface area (Å²) in [5, 5.41) is 5.50. The molecular weight excluding hydrogens is 472 g/mol. The molecule has 2 N–H and O–H groups in total. The average molecular weight is 507 g/mol. The molecule has 1 aliphatic heterocycles. The summed E-state index contributed by atoms with van der Waals surface area (Å²) in [7, 11) is 1.52. The number of amides is 2. The van der Waals surface area contributed by atoms with Crippen LogP contribution in [0.15, 0.2) is 65.5 Å². The van der Waals surface area contributed by atoms with Crippen molar-refractivity contribution in [2.45, 2.75) is 44.8 Å². The van der Waals surface area contributed by atoms with Crippen molar-refractivity contribution in [2.24, 2.45) is 0 Å². The van der Waals surface area contributed by atoms with Gasteiger partial charge in [-0.3, -0.25) is 9.59 Å². The number of hydrogen-bond acceptors (Lipinski definition) is 7. The SMILES string of the molecule is COc1cc(NC(=O)C(=O)NC(C)(C)CCN2CCC(Oc3ccccc3)CC2)ccc1-c1cnco1. The van der Waals surface area contributed by atoms with Crippen molar-refractivity contribution in [2.75, 3.05) is 32.1 Å². The van der Waals surface area contributed by atoms with Crippen LogP contribution < -0.4 is 20.1 Å². The maximum atomic E-state index is 12.6. The normalized spacial score (nSPS) is 14.7. The number of nitrogens with zero attached hydrogens (tertiary/aromatic N) is 2. The smallest absolute Gasteiger partial charge is 0.313 e. The predicted molar refractivity (Wildman–Crippen MR) is 140 cm³/mol. The first kappa shape index (κ1) is 26.2. The molecule has 0 spiro atoms. The van der Waals surface area contributed by atoms with Gasteiger partial charge in [0, 0.05) is 36.9 Å². The fourth-order valence-corrected chi connectivity index (χ4v) is 4.32. The van der Waals surface area contributed by atoms with Crippen molar-refractivity contribution in [1.82, 2.24) is 15.2 Å². The third kappa shape index (κ3) is 7.33. The lowest BCUT2D eigenvalue weighted by Gasteiger charge is -2.34. The van der Waals surface area contributed by atoms with Crippen LogP contribution in [0.1, 0.15) is 33.1 Å². The maximum Gasteiger partial charge on any atom is 0.313 e. The zero-order valence-corrected chi connectivity index (χ0v) is 21.5. The second kappa shape index (κ2) is 11.9. The summed E-state index contributed by atoms with van der Waals surface area (Å²) in [5.41, 5.74) is 0.595. The van der Waals surface area contributed by atoms with E-state index in [4.69, 9.17) is 13.9 Å². The van der Waals surface area contributed by atoms with Gasteiger partial charge in [0.25, 0.3) is 0 Å². The maximum absolute atomic E-state index is 12.6. The van der Waals surface area contributed by atoms with Crippen molar-refractivity contribution in [3.63, 3.8) is 0 Å². The number of likely N-dealkylation sites (tertiary alicyclic amines) is 1. The number of benzene rings is 2. The second-order valence-electron chi connectivity index (χ2n) is 9.79. The Morgan fingerprint density at radius 3 is 2.54 bits per heavy atom. The van der Waals surface area contributed by atoms with Gasteiger partial charge >= 0.3 is 11.8 Å². The Labute approximate surface area is 217 Å². The summed E-state index contributed by atoms with van der Waals surface area (Å²) < 4.78 is 16.8. The number of anilines is 1. The molecule has 37 heavy (non-hydrogen) atoms. The number of piperidine rings is 1. The van der Waals surface area contributed by atoms with Crippen molar-refractivity contribution in [1.29, 1.82) is 0 Å². The summed E-state index contributed by atoms with van der Waals surface area (Å²) in [4.78, 5) is 31.5. The molecule has 0 unspecified atom stereocenters. The quantitative estimate of drug-likeness (QED) is 0.421. The molecule has 4 rings (SSSR count). The van der Waals surface area contributed by atoms with E-state index in [0.717, 1.165) is 44.6 Å². The standard InChI is InChI=1S/C28H34N4O5/c1-28(2,13-16-32-14-11-22(12-15-32)37-21-7-5-4-6-8-21)31-27(34)26(33)30-20-9-10-23(24(17-20)35-3)25-18-29-19-36-25/h4-10,17-19,22H,11-16H2,1-3H3,(H,30,33)(H,31,34). The van der Waals surface area contributed by atoms with Crippen LogP contribution in [0.5, 0.6) is 11.5 Å². The van der Waals surface area contributed by atoms with Crippen LogP contribution in [0.2, 0.25) is 0 Å². The van der Waals surface area contributed by atoms with E-state index >= 15 is 0 Å².